The molecule has 3 heteroatoms. The summed E-state index contributed by atoms with van der Waals surface area (Å²) in [5, 5.41) is 8.59. The van der Waals surface area contributed by atoms with Crippen LogP contribution >= 0.6 is 11.6 Å². The van der Waals surface area contributed by atoms with Crippen molar-refractivity contribution in [3.63, 3.8) is 0 Å². The molecule has 0 aliphatic heterocycles. The van der Waals surface area contributed by atoms with E-state index in [0.29, 0.717) is 5.84 Å². The maximum atomic E-state index is 7.84. The van der Waals surface area contributed by atoms with Gasteiger partial charge in [-0.3, -0.25) is 5.41 Å². The third kappa shape index (κ3) is 3.56. The first kappa shape index (κ1) is 12.1. The van der Waals surface area contributed by atoms with Crippen molar-refractivity contribution in [2.75, 3.05) is 7.05 Å². The van der Waals surface area contributed by atoms with Crippen molar-refractivity contribution >= 4 is 17.4 Å². The predicted octanol–water partition coefficient (Wildman–Crippen LogP) is 3.41. The van der Waals surface area contributed by atoms with E-state index in [1.165, 1.54) is 5.56 Å². The topological polar surface area (TPSA) is 27.1 Å². The molecule has 1 aromatic carbocycles. The van der Waals surface area contributed by atoms with Crippen molar-refractivity contribution in [3.05, 3.63) is 34.9 Å². The van der Waals surface area contributed by atoms with Crippen LogP contribution in [0.5, 0.6) is 0 Å². The molecule has 82 valence electrons. The molecule has 0 aliphatic carbocycles. The average molecular weight is 225 g/mol. The summed E-state index contributed by atoms with van der Waals surface area (Å²) in [5.74, 6) is 0.923. The van der Waals surface area contributed by atoms with E-state index in [1.54, 1.807) is 0 Å². The molecule has 15 heavy (non-hydrogen) atoms. The summed E-state index contributed by atoms with van der Waals surface area (Å²) < 4.78 is 0. The van der Waals surface area contributed by atoms with Gasteiger partial charge in [0.15, 0.2) is 0 Å². The van der Waals surface area contributed by atoms with E-state index in [0.717, 1.165) is 11.6 Å². The lowest BCUT2D eigenvalue weighted by Crippen LogP contribution is -2.29. The fourth-order valence-electron chi connectivity index (χ4n) is 1.39. The van der Waals surface area contributed by atoms with Gasteiger partial charge < -0.3 is 4.90 Å². The molecule has 0 saturated carbocycles. The van der Waals surface area contributed by atoms with E-state index in [4.69, 9.17) is 17.0 Å². The highest BCUT2D eigenvalue weighted by Gasteiger charge is 2.08. The van der Waals surface area contributed by atoms with Crippen molar-refractivity contribution < 1.29 is 0 Å². The first-order chi connectivity index (χ1) is 7.00. The standard InChI is InChI=1S/C12H17ClN2/c1-9(2)12(14)15(3)8-10-4-6-11(13)7-5-10/h4-7,9,14H,8H2,1-3H3. The minimum Gasteiger partial charge on any atom is -0.359 e. The van der Waals surface area contributed by atoms with Crippen LogP contribution in [0.1, 0.15) is 19.4 Å². The Morgan fingerprint density at radius 1 is 1.33 bits per heavy atom. The number of amidine groups is 1. The summed E-state index contributed by atoms with van der Waals surface area (Å²) in [6.07, 6.45) is 0. The van der Waals surface area contributed by atoms with E-state index in [9.17, 15) is 0 Å². The zero-order valence-corrected chi connectivity index (χ0v) is 10.2. The number of nitrogens with zero attached hydrogens (tertiary/aromatic N) is 1. The van der Waals surface area contributed by atoms with Crippen LogP contribution in [0.15, 0.2) is 24.3 Å². The molecule has 0 fully saturated rings. The minimum absolute atomic E-state index is 0.266. The van der Waals surface area contributed by atoms with Gasteiger partial charge in [0.25, 0.3) is 0 Å². The van der Waals surface area contributed by atoms with Crippen LogP contribution in [-0.2, 0) is 6.54 Å². The Bertz CT molecular complexity index is 330. The molecule has 1 N–H and O–H groups in total. The summed E-state index contributed by atoms with van der Waals surface area (Å²) in [5.41, 5.74) is 1.17. The van der Waals surface area contributed by atoms with Gasteiger partial charge in [0, 0.05) is 24.5 Å². The second-order valence-electron chi connectivity index (χ2n) is 4.02. The summed E-state index contributed by atoms with van der Waals surface area (Å²) >= 11 is 5.81. The molecule has 1 rings (SSSR count). The fourth-order valence-corrected chi connectivity index (χ4v) is 1.52. The number of rotatable bonds is 3. The average Bonchev–Trinajstić information content (AvgIpc) is 2.20. The first-order valence-electron chi connectivity index (χ1n) is 5.04. The molecule has 0 spiro atoms. The highest BCUT2D eigenvalue weighted by Crippen LogP contribution is 2.12. The third-order valence-corrected chi connectivity index (χ3v) is 2.54. The summed E-state index contributed by atoms with van der Waals surface area (Å²) in [6, 6.07) is 7.74. The van der Waals surface area contributed by atoms with Crippen LogP contribution in [0.4, 0.5) is 0 Å². The second kappa shape index (κ2) is 5.17. The Hall–Kier alpha value is -1.02. The molecule has 0 unspecified atom stereocenters. The molecule has 1 aromatic rings. The van der Waals surface area contributed by atoms with Gasteiger partial charge in [-0.2, -0.15) is 0 Å². The van der Waals surface area contributed by atoms with Crippen LogP contribution in [0.2, 0.25) is 5.02 Å². The number of halogens is 1. The molecular formula is C12H17ClN2. The number of benzene rings is 1. The number of hydrogen-bond donors (Lipinski definition) is 1. The smallest absolute Gasteiger partial charge is 0.0984 e. The van der Waals surface area contributed by atoms with Crippen molar-refractivity contribution in [1.82, 2.24) is 4.90 Å². The van der Waals surface area contributed by atoms with Crippen LogP contribution < -0.4 is 0 Å². The monoisotopic (exact) mass is 224 g/mol. The van der Waals surface area contributed by atoms with Gasteiger partial charge in [-0.25, -0.2) is 0 Å². The highest BCUT2D eigenvalue weighted by atomic mass is 35.5. The Morgan fingerprint density at radius 2 is 1.87 bits per heavy atom. The van der Waals surface area contributed by atoms with Gasteiger partial charge in [0.2, 0.25) is 0 Å². The molecule has 0 atom stereocenters. The molecule has 0 saturated heterocycles. The number of nitrogens with one attached hydrogen (secondary N) is 1. The second-order valence-corrected chi connectivity index (χ2v) is 4.46. The zero-order chi connectivity index (χ0) is 11.4. The quantitative estimate of drug-likeness (QED) is 0.618. The lowest BCUT2D eigenvalue weighted by molar-refractivity contribution is 0.468. The van der Waals surface area contributed by atoms with E-state index < -0.39 is 0 Å². The molecule has 0 heterocycles. The predicted molar refractivity (Wildman–Crippen MR) is 65.5 cm³/mol. The Kier molecular flexibility index (Phi) is 4.15. The van der Waals surface area contributed by atoms with Gasteiger partial charge in [0.1, 0.15) is 0 Å². The van der Waals surface area contributed by atoms with Crippen LogP contribution in [0.25, 0.3) is 0 Å². The Balaban J connectivity index is 2.62. The van der Waals surface area contributed by atoms with Crippen molar-refractivity contribution in [2.45, 2.75) is 20.4 Å². The summed E-state index contributed by atoms with van der Waals surface area (Å²) in [4.78, 5) is 1.95. The lowest BCUT2D eigenvalue weighted by Gasteiger charge is -2.22. The number of hydrogen-bond acceptors (Lipinski definition) is 1. The molecule has 0 aliphatic rings. The normalized spacial score (nSPS) is 10.5. The van der Waals surface area contributed by atoms with E-state index >= 15 is 0 Å². The third-order valence-electron chi connectivity index (χ3n) is 2.29. The van der Waals surface area contributed by atoms with Gasteiger partial charge in [-0.1, -0.05) is 37.6 Å². The van der Waals surface area contributed by atoms with Gasteiger partial charge in [0.05, 0.1) is 5.84 Å². The van der Waals surface area contributed by atoms with Crippen LogP contribution in [0.3, 0.4) is 0 Å². The maximum absolute atomic E-state index is 7.84. The highest BCUT2D eigenvalue weighted by molar-refractivity contribution is 6.30. The van der Waals surface area contributed by atoms with Crippen LogP contribution in [-0.4, -0.2) is 17.8 Å². The van der Waals surface area contributed by atoms with Crippen molar-refractivity contribution in [1.29, 1.82) is 5.41 Å². The van der Waals surface area contributed by atoms with Crippen molar-refractivity contribution in [3.8, 4) is 0 Å². The molecule has 0 aromatic heterocycles. The van der Waals surface area contributed by atoms with Gasteiger partial charge in [-0.15, -0.1) is 0 Å². The largest absolute Gasteiger partial charge is 0.359 e. The lowest BCUT2D eigenvalue weighted by atomic mass is 10.1. The maximum Gasteiger partial charge on any atom is 0.0984 e. The summed E-state index contributed by atoms with van der Waals surface area (Å²) in [6.45, 7) is 4.82. The van der Waals surface area contributed by atoms with Crippen molar-refractivity contribution in [2.24, 2.45) is 5.92 Å². The van der Waals surface area contributed by atoms with Gasteiger partial charge >= 0.3 is 0 Å². The van der Waals surface area contributed by atoms with E-state index in [1.807, 2.05) is 50.1 Å². The summed E-state index contributed by atoms with van der Waals surface area (Å²) in [7, 11) is 1.94. The van der Waals surface area contributed by atoms with E-state index in [2.05, 4.69) is 0 Å². The fraction of sp³-hybridized carbons (Fsp3) is 0.417. The first-order valence-corrected chi connectivity index (χ1v) is 5.42. The molecule has 0 radical (unpaired) electrons. The Labute approximate surface area is 96.4 Å². The molecular weight excluding hydrogens is 208 g/mol. The molecule has 0 amide bonds. The molecule has 0 bridgehead atoms. The minimum atomic E-state index is 0.266. The SMILES string of the molecule is CC(C)C(=N)N(C)Cc1ccc(Cl)cc1. The van der Waals surface area contributed by atoms with Crippen LogP contribution in [0, 0.1) is 11.3 Å². The van der Waals surface area contributed by atoms with Gasteiger partial charge in [-0.05, 0) is 17.7 Å². The Morgan fingerprint density at radius 3 is 2.33 bits per heavy atom. The molecule has 2 nitrogen and oxygen atoms in total. The zero-order valence-electron chi connectivity index (χ0n) is 9.42. The van der Waals surface area contributed by atoms with E-state index in [-0.39, 0.29) is 5.92 Å².